The molecule has 0 amide bonds. The number of rotatable bonds is 0. The summed E-state index contributed by atoms with van der Waals surface area (Å²) >= 11 is 0. The van der Waals surface area contributed by atoms with Crippen LogP contribution in [0.25, 0.3) is 0 Å². The Labute approximate surface area is 86.9 Å². The van der Waals surface area contributed by atoms with Gasteiger partial charge >= 0.3 is 0 Å². The van der Waals surface area contributed by atoms with Crippen LogP contribution in [0, 0.1) is 0 Å². The van der Waals surface area contributed by atoms with Gasteiger partial charge in [0, 0.05) is 6.42 Å². The van der Waals surface area contributed by atoms with Gasteiger partial charge < -0.3 is 14.2 Å². The number of carbonyl (C=O) groups excluding carboxylic acids is 1. The molecule has 3 saturated heterocycles. The first-order valence-corrected chi connectivity index (χ1v) is 5.70. The summed E-state index contributed by atoms with van der Waals surface area (Å²) in [6, 6.07) is 0. The predicted molar refractivity (Wildman–Crippen MR) is 47.3 cm³/mol. The van der Waals surface area contributed by atoms with E-state index in [-0.39, 0.29) is 34.8 Å². The molecule has 3 aliphatic heterocycles. The van der Waals surface area contributed by atoms with E-state index in [1.165, 1.54) is 0 Å². The van der Waals surface area contributed by atoms with Gasteiger partial charge in [0.2, 0.25) is 0 Å². The molecule has 6 unspecified atom stereocenters. The third-order valence-corrected chi connectivity index (χ3v) is 5.19. The molecular weight excluding hydrogens is 196 g/mol. The molecule has 2 aliphatic carbocycles. The van der Waals surface area contributed by atoms with Crippen LogP contribution in [-0.4, -0.2) is 40.9 Å². The van der Waals surface area contributed by atoms with E-state index < -0.39 is 0 Å². The Morgan fingerprint density at radius 1 is 1.27 bits per heavy atom. The van der Waals surface area contributed by atoms with Gasteiger partial charge in [-0.2, -0.15) is 0 Å². The smallest absolute Gasteiger partial charge is 0.167 e. The zero-order valence-electron chi connectivity index (χ0n) is 8.49. The van der Waals surface area contributed by atoms with E-state index in [4.69, 9.17) is 14.2 Å². The first-order valence-electron chi connectivity index (χ1n) is 5.70. The number of hydrogen-bond acceptors (Lipinski definition) is 4. The van der Waals surface area contributed by atoms with E-state index in [9.17, 15) is 4.79 Å². The standard InChI is InChI=1S/C11H12O4/c1-9-6(13-9)2-3-10-8(15-10)5(12)4-7-11(9,10)14-7/h6-8H,2-4H2,1H3. The van der Waals surface area contributed by atoms with Gasteiger partial charge in [-0.05, 0) is 19.8 Å². The number of ketones is 1. The van der Waals surface area contributed by atoms with Gasteiger partial charge in [-0.25, -0.2) is 0 Å². The van der Waals surface area contributed by atoms with E-state index in [1.807, 2.05) is 0 Å². The highest BCUT2D eigenvalue weighted by Gasteiger charge is 2.95. The van der Waals surface area contributed by atoms with Crippen molar-refractivity contribution in [2.45, 2.75) is 61.3 Å². The molecule has 0 aromatic rings. The zero-order valence-corrected chi connectivity index (χ0v) is 8.49. The first kappa shape index (κ1) is 7.76. The van der Waals surface area contributed by atoms with Crippen LogP contribution in [0.1, 0.15) is 26.2 Å². The maximum Gasteiger partial charge on any atom is 0.167 e. The van der Waals surface area contributed by atoms with Crippen molar-refractivity contribution in [1.82, 2.24) is 0 Å². The quantitative estimate of drug-likeness (QED) is 0.533. The topological polar surface area (TPSA) is 54.7 Å². The Hall–Kier alpha value is -0.450. The fourth-order valence-electron chi connectivity index (χ4n) is 4.32. The molecule has 2 spiro atoms. The minimum Gasteiger partial charge on any atom is -0.363 e. The van der Waals surface area contributed by atoms with Crippen molar-refractivity contribution < 1.29 is 19.0 Å². The van der Waals surface area contributed by atoms with Crippen molar-refractivity contribution in [2.75, 3.05) is 0 Å². The molecule has 0 radical (unpaired) electrons. The fraction of sp³-hybridized carbons (Fsp3) is 0.909. The van der Waals surface area contributed by atoms with Gasteiger partial charge in [0.15, 0.2) is 11.4 Å². The largest absolute Gasteiger partial charge is 0.363 e. The average molecular weight is 208 g/mol. The van der Waals surface area contributed by atoms with Crippen LogP contribution in [0.4, 0.5) is 0 Å². The molecular formula is C11H12O4. The highest BCUT2D eigenvalue weighted by Crippen LogP contribution is 2.76. The van der Waals surface area contributed by atoms with Gasteiger partial charge in [0.05, 0.1) is 6.10 Å². The highest BCUT2D eigenvalue weighted by molar-refractivity contribution is 5.91. The molecule has 80 valence electrons. The lowest BCUT2D eigenvalue weighted by Gasteiger charge is -2.31. The van der Waals surface area contributed by atoms with Crippen molar-refractivity contribution in [3.8, 4) is 0 Å². The number of epoxide rings is 3. The van der Waals surface area contributed by atoms with Gasteiger partial charge in [0.25, 0.3) is 0 Å². The normalized spacial score (nSPS) is 72.3. The second kappa shape index (κ2) is 1.69. The van der Waals surface area contributed by atoms with Crippen molar-refractivity contribution in [3.05, 3.63) is 0 Å². The summed E-state index contributed by atoms with van der Waals surface area (Å²) < 4.78 is 17.4. The van der Waals surface area contributed by atoms with Gasteiger partial charge in [-0.1, -0.05) is 0 Å². The van der Waals surface area contributed by atoms with Gasteiger partial charge in [-0.3, -0.25) is 4.79 Å². The fourth-order valence-corrected chi connectivity index (χ4v) is 4.32. The lowest BCUT2D eigenvalue weighted by Crippen LogP contribution is -2.55. The Morgan fingerprint density at radius 3 is 3.00 bits per heavy atom. The molecule has 6 atom stereocenters. The van der Waals surface area contributed by atoms with Crippen LogP contribution in [0.2, 0.25) is 0 Å². The number of ether oxygens (including phenoxy) is 3. The molecule has 0 aromatic carbocycles. The van der Waals surface area contributed by atoms with E-state index in [2.05, 4.69) is 6.92 Å². The van der Waals surface area contributed by atoms with E-state index in [0.29, 0.717) is 12.5 Å². The number of Topliss-reactive ketones (excluding diaryl/α,β-unsaturated/α-hetero) is 1. The molecule has 3 heterocycles. The molecule has 0 N–H and O–H groups in total. The lowest BCUT2D eigenvalue weighted by atomic mass is 9.64. The summed E-state index contributed by atoms with van der Waals surface area (Å²) in [6.45, 7) is 2.12. The predicted octanol–water partition coefficient (Wildman–Crippen LogP) is 0.186. The summed E-state index contributed by atoms with van der Waals surface area (Å²) in [6.07, 6.45) is 2.69. The summed E-state index contributed by atoms with van der Waals surface area (Å²) in [5.74, 6) is 0.232. The molecule has 0 aromatic heterocycles. The third-order valence-electron chi connectivity index (χ3n) is 5.19. The highest BCUT2D eigenvalue weighted by atomic mass is 16.7. The molecule has 4 heteroatoms. The van der Waals surface area contributed by atoms with E-state index in [1.54, 1.807) is 0 Å². The van der Waals surface area contributed by atoms with Crippen molar-refractivity contribution in [2.24, 2.45) is 0 Å². The Bertz CT molecular complexity index is 421. The molecule has 0 bridgehead atoms. The van der Waals surface area contributed by atoms with Crippen LogP contribution in [0.5, 0.6) is 0 Å². The van der Waals surface area contributed by atoms with Crippen LogP contribution in [0.3, 0.4) is 0 Å². The van der Waals surface area contributed by atoms with E-state index in [0.717, 1.165) is 12.8 Å². The minimum absolute atomic E-state index is 0.0686. The second-order valence-corrected chi connectivity index (χ2v) is 5.65. The van der Waals surface area contributed by atoms with Gasteiger partial charge in [-0.15, -0.1) is 0 Å². The first-order chi connectivity index (χ1) is 7.14. The molecule has 2 saturated carbocycles. The third kappa shape index (κ3) is 0.527. The summed E-state index contributed by atoms with van der Waals surface area (Å²) in [5, 5.41) is 0. The van der Waals surface area contributed by atoms with Crippen LogP contribution in [-0.2, 0) is 19.0 Å². The SMILES string of the molecule is CC12OC1CCC13OC1C(=O)CC1OC123. The number of fused-ring (bicyclic) bond motifs is 1. The average Bonchev–Trinajstić information content (AvgIpc) is 2.97. The zero-order chi connectivity index (χ0) is 10.1. The summed E-state index contributed by atoms with van der Waals surface area (Å²) in [4.78, 5) is 11.7. The van der Waals surface area contributed by atoms with Crippen LogP contribution < -0.4 is 0 Å². The maximum atomic E-state index is 11.7. The second-order valence-electron chi connectivity index (χ2n) is 5.65. The van der Waals surface area contributed by atoms with E-state index >= 15 is 0 Å². The Balaban J connectivity index is 1.71. The Morgan fingerprint density at radius 2 is 2.13 bits per heavy atom. The number of carbonyl (C=O) groups is 1. The van der Waals surface area contributed by atoms with Crippen LogP contribution in [0.15, 0.2) is 0 Å². The molecule has 5 rings (SSSR count). The molecule has 4 nitrogen and oxygen atoms in total. The molecule has 15 heavy (non-hydrogen) atoms. The Kier molecular flexibility index (Phi) is 0.874. The lowest BCUT2D eigenvalue weighted by molar-refractivity contribution is -0.120. The molecule has 5 aliphatic rings. The molecule has 5 fully saturated rings. The van der Waals surface area contributed by atoms with Crippen LogP contribution >= 0.6 is 0 Å². The summed E-state index contributed by atoms with van der Waals surface area (Å²) in [7, 11) is 0. The van der Waals surface area contributed by atoms with Crippen molar-refractivity contribution in [3.63, 3.8) is 0 Å². The van der Waals surface area contributed by atoms with Crippen molar-refractivity contribution in [1.29, 1.82) is 0 Å². The maximum absolute atomic E-state index is 11.7. The number of hydrogen-bond donors (Lipinski definition) is 0. The minimum atomic E-state index is -0.297. The summed E-state index contributed by atoms with van der Waals surface area (Å²) in [5.41, 5.74) is -0.721. The van der Waals surface area contributed by atoms with Crippen molar-refractivity contribution >= 4 is 5.78 Å². The van der Waals surface area contributed by atoms with Gasteiger partial charge in [0.1, 0.15) is 23.4 Å². The monoisotopic (exact) mass is 208 g/mol.